The van der Waals surface area contributed by atoms with E-state index in [4.69, 9.17) is 30.3 Å². The van der Waals surface area contributed by atoms with Crippen LogP contribution < -0.4 is 14.2 Å². The van der Waals surface area contributed by atoms with E-state index in [1.165, 1.54) is 39.5 Å². The predicted molar refractivity (Wildman–Crippen MR) is 96.5 cm³/mol. The lowest BCUT2D eigenvalue weighted by Crippen LogP contribution is -1.96. The van der Waals surface area contributed by atoms with Crippen LogP contribution in [0.1, 0.15) is 0 Å². The van der Waals surface area contributed by atoms with Crippen molar-refractivity contribution in [3.05, 3.63) is 45.5 Å². The van der Waals surface area contributed by atoms with Gasteiger partial charge >= 0.3 is 0 Å². The Bertz CT molecular complexity index is 979. The summed E-state index contributed by atoms with van der Waals surface area (Å²) in [6, 6.07) is 7.28. The van der Waals surface area contributed by atoms with E-state index in [9.17, 15) is 10.1 Å². The third-order valence-corrected chi connectivity index (χ3v) is 4.07. The molecule has 1 aromatic heterocycles. The molecule has 10 heteroatoms. The Hall–Kier alpha value is -3.33. The van der Waals surface area contributed by atoms with Gasteiger partial charge in [0.25, 0.3) is 11.6 Å². The highest BCUT2D eigenvalue weighted by Gasteiger charge is 2.20. The summed E-state index contributed by atoms with van der Waals surface area (Å²) in [6.07, 6.45) is 0. The van der Waals surface area contributed by atoms with Crippen molar-refractivity contribution in [3.8, 4) is 40.1 Å². The van der Waals surface area contributed by atoms with Crippen LogP contribution in [0.5, 0.6) is 17.2 Å². The summed E-state index contributed by atoms with van der Waals surface area (Å²) in [5.74, 6) is 1.55. The summed E-state index contributed by atoms with van der Waals surface area (Å²) in [5.41, 5.74) is 0.667. The molecular formula is C17H14ClN3O6. The lowest BCUT2D eigenvalue weighted by atomic mass is 10.1. The van der Waals surface area contributed by atoms with Crippen molar-refractivity contribution in [2.24, 2.45) is 0 Å². The van der Waals surface area contributed by atoms with Crippen molar-refractivity contribution < 1.29 is 23.7 Å². The first-order valence-corrected chi connectivity index (χ1v) is 7.94. The first-order chi connectivity index (χ1) is 13.0. The third kappa shape index (κ3) is 3.49. The van der Waals surface area contributed by atoms with E-state index < -0.39 is 4.92 Å². The van der Waals surface area contributed by atoms with Crippen molar-refractivity contribution in [2.45, 2.75) is 0 Å². The third-order valence-electron chi connectivity index (χ3n) is 3.74. The fourth-order valence-electron chi connectivity index (χ4n) is 2.45. The van der Waals surface area contributed by atoms with Gasteiger partial charge in [0.05, 0.1) is 36.8 Å². The number of rotatable bonds is 6. The fourth-order valence-corrected chi connectivity index (χ4v) is 2.65. The first-order valence-electron chi connectivity index (χ1n) is 7.57. The first kappa shape index (κ1) is 18.5. The molecule has 140 valence electrons. The number of non-ortho nitro benzene ring substituents is 1. The van der Waals surface area contributed by atoms with E-state index >= 15 is 0 Å². The minimum absolute atomic E-state index is 0.0486. The van der Waals surface area contributed by atoms with Gasteiger partial charge in [-0.1, -0.05) is 16.8 Å². The maximum Gasteiger partial charge on any atom is 0.270 e. The molecular weight excluding hydrogens is 378 g/mol. The highest BCUT2D eigenvalue weighted by molar-refractivity contribution is 6.33. The van der Waals surface area contributed by atoms with Crippen LogP contribution in [0.3, 0.4) is 0 Å². The van der Waals surface area contributed by atoms with Gasteiger partial charge in [0.15, 0.2) is 11.5 Å². The zero-order valence-electron chi connectivity index (χ0n) is 14.6. The smallest absolute Gasteiger partial charge is 0.270 e. The summed E-state index contributed by atoms with van der Waals surface area (Å²) >= 11 is 6.12. The molecule has 0 aliphatic carbocycles. The molecule has 0 radical (unpaired) electrons. The summed E-state index contributed by atoms with van der Waals surface area (Å²) < 4.78 is 21.1. The fraction of sp³-hybridized carbons (Fsp3) is 0.176. The van der Waals surface area contributed by atoms with Gasteiger partial charge in [-0.3, -0.25) is 10.1 Å². The van der Waals surface area contributed by atoms with Crippen LogP contribution >= 0.6 is 11.6 Å². The molecule has 2 aromatic carbocycles. The van der Waals surface area contributed by atoms with E-state index in [0.717, 1.165) is 0 Å². The van der Waals surface area contributed by atoms with E-state index in [0.29, 0.717) is 22.8 Å². The number of nitro benzene ring substituents is 1. The van der Waals surface area contributed by atoms with Gasteiger partial charge < -0.3 is 18.7 Å². The molecule has 3 rings (SSSR count). The molecule has 0 amide bonds. The molecule has 0 unspecified atom stereocenters. The van der Waals surface area contributed by atoms with Gasteiger partial charge in [-0.2, -0.15) is 4.98 Å². The number of hydrogen-bond acceptors (Lipinski definition) is 8. The van der Waals surface area contributed by atoms with Crippen LogP contribution in [0.4, 0.5) is 5.69 Å². The van der Waals surface area contributed by atoms with Gasteiger partial charge in [0.1, 0.15) is 0 Å². The van der Waals surface area contributed by atoms with Crippen LogP contribution in [0.25, 0.3) is 22.8 Å². The zero-order chi connectivity index (χ0) is 19.6. The van der Waals surface area contributed by atoms with Crippen molar-refractivity contribution >= 4 is 17.3 Å². The van der Waals surface area contributed by atoms with Crippen molar-refractivity contribution in [2.75, 3.05) is 21.3 Å². The molecule has 0 atom stereocenters. The largest absolute Gasteiger partial charge is 0.493 e. The summed E-state index contributed by atoms with van der Waals surface area (Å²) in [4.78, 5) is 14.7. The second kappa shape index (κ2) is 7.50. The Labute approximate surface area is 158 Å². The number of nitro groups is 1. The Morgan fingerprint density at radius 1 is 1.07 bits per heavy atom. The molecule has 0 bridgehead atoms. The molecule has 0 saturated carbocycles. The summed E-state index contributed by atoms with van der Waals surface area (Å²) in [6.45, 7) is 0. The van der Waals surface area contributed by atoms with E-state index in [-0.39, 0.29) is 28.0 Å². The number of methoxy groups -OCH3 is 3. The molecule has 27 heavy (non-hydrogen) atoms. The molecule has 0 aliphatic heterocycles. The van der Waals surface area contributed by atoms with E-state index in [2.05, 4.69) is 10.1 Å². The Morgan fingerprint density at radius 3 is 2.30 bits per heavy atom. The maximum absolute atomic E-state index is 11.0. The highest BCUT2D eigenvalue weighted by atomic mass is 35.5. The SMILES string of the molecule is COc1cc(-c2noc(-c3cc([N+](=O)[O-])ccc3Cl)n2)cc(OC)c1OC. The number of aromatic nitrogens is 2. The van der Waals surface area contributed by atoms with Crippen LogP contribution in [0, 0.1) is 10.1 Å². The summed E-state index contributed by atoms with van der Waals surface area (Å²) in [7, 11) is 4.48. The molecule has 3 aromatic rings. The predicted octanol–water partition coefficient (Wildman–Crippen LogP) is 3.99. The molecule has 9 nitrogen and oxygen atoms in total. The number of halogens is 1. The van der Waals surface area contributed by atoms with E-state index in [1.54, 1.807) is 12.1 Å². The second-order valence-electron chi connectivity index (χ2n) is 5.26. The quantitative estimate of drug-likeness (QED) is 0.458. The molecule has 0 aliphatic rings. The molecule has 0 N–H and O–H groups in total. The van der Waals surface area contributed by atoms with Crippen LogP contribution in [-0.2, 0) is 0 Å². The number of nitrogens with zero attached hydrogens (tertiary/aromatic N) is 3. The van der Waals surface area contributed by atoms with Crippen LogP contribution in [-0.4, -0.2) is 36.4 Å². The topological polar surface area (TPSA) is 110 Å². The number of hydrogen-bond donors (Lipinski definition) is 0. The highest BCUT2D eigenvalue weighted by Crippen LogP contribution is 2.41. The minimum Gasteiger partial charge on any atom is -0.493 e. The standard InChI is InChI=1S/C17H14ClN3O6/c1-24-13-6-9(7-14(25-2)15(13)26-3)16-19-17(27-20-16)11-8-10(21(22)23)4-5-12(11)18/h4-8H,1-3H3. The molecule has 0 fully saturated rings. The monoisotopic (exact) mass is 391 g/mol. The normalized spacial score (nSPS) is 10.5. The molecule has 0 saturated heterocycles. The van der Waals surface area contributed by atoms with Gasteiger partial charge in [-0.05, 0) is 18.2 Å². The lowest BCUT2D eigenvalue weighted by Gasteiger charge is -2.12. The van der Waals surface area contributed by atoms with E-state index in [1.807, 2.05) is 0 Å². The van der Waals surface area contributed by atoms with Gasteiger partial charge in [-0.25, -0.2) is 0 Å². The van der Waals surface area contributed by atoms with Crippen molar-refractivity contribution in [1.82, 2.24) is 10.1 Å². The van der Waals surface area contributed by atoms with Gasteiger partial charge in [0.2, 0.25) is 11.6 Å². The van der Waals surface area contributed by atoms with Crippen LogP contribution in [0.2, 0.25) is 5.02 Å². The zero-order valence-corrected chi connectivity index (χ0v) is 15.3. The maximum atomic E-state index is 11.0. The molecule has 1 heterocycles. The van der Waals surface area contributed by atoms with Crippen molar-refractivity contribution in [3.63, 3.8) is 0 Å². The second-order valence-corrected chi connectivity index (χ2v) is 5.67. The van der Waals surface area contributed by atoms with Gasteiger partial charge in [0, 0.05) is 17.7 Å². The van der Waals surface area contributed by atoms with Crippen LogP contribution in [0.15, 0.2) is 34.9 Å². The Kier molecular flexibility index (Phi) is 5.13. The molecule has 0 spiro atoms. The lowest BCUT2D eigenvalue weighted by molar-refractivity contribution is -0.384. The number of benzene rings is 2. The van der Waals surface area contributed by atoms with Crippen molar-refractivity contribution in [1.29, 1.82) is 0 Å². The minimum atomic E-state index is -0.531. The number of ether oxygens (including phenoxy) is 3. The average molecular weight is 392 g/mol. The summed E-state index contributed by atoms with van der Waals surface area (Å²) in [5, 5.41) is 15.1. The Balaban J connectivity index is 2.07. The Morgan fingerprint density at radius 2 is 1.74 bits per heavy atom. The average Bonchev–Trinajstić information content (AvgIpc) is 3.16. The van der Waals surface area contributed by atoms with Gasteiger partial charge in [-0.15, -0.1) is 0 Å².